The van der Waals surface area contributed by atoms with Crippen molar-refractivity contribution in [3.8, 4) is 11.5 Å². The minimum absolute atomic E-state index is 0.257. The molecule has 3 rings (SSSR count). The zero-order chi connectivity index (χ0) is 16.1. The highest BCUT2D eigenvalue weighted by atomic mass is 32.1. The second-order valence-electron chi connectivity index (χ2n) is 4.83. The monoisotopic (exact) mass is 331 g/mol. The van der Waals surface area contributed by atoms with E-state index < -0.39 is 0 Å². The Balaban J connectivity index is 1.56. The molecule has 3 aromatic rings. The second kappa shape index (κ2) is 7.23. The quantitative estimate of drug-likeness (QED) is 0.662. The molecule has 0 atom stereocenters. The summed E-state index contributed by atoms with van der Waals surface area (Å²) in [5.74, 6) is 2.58. The molecular formula is C16H17N3O3S. The number of nitrogens with zero attached hydrogens (tertiary/aromatic N) is 3. The summed E-state index contributed by atoms with van der Waals surface area (Å²) in [6.07, 6.45) is 1.49. The van der Waals surface area contributed by atoms with Crippen molar-refractivity contribution in [3.05, 3.63) is 52.1 Å². The Hall–Kier alpha value is -2.41. The van der Waals surface area contributed by atoms with Gasteiger partial charge in [-0.3, -0.25) is 0 Å². The molecule has 0 aliphatic heterocycles. The number of hydrogen-bond donors (Lipinski definition) is 0. The molecular weight excluding hydrogens is 314 g/mol. The van der Waals surface area contributed by atoms with Gasteiger partial charge < -0.3 is 14.0 Å². The molecule has 120 valence electrons. The van der Waals surface area contributed by atoms with Crippen LogP contribution in [0, 0.1) is 0 Å². The van der Waals surface area contributed by atoms with Gasteiger partial charge in [0.25, 0.3) is 0 Å². The van der Waals surface area contributed by atoms with Gasteiger partial charge in [-0.15, -0.1) is 11.3 Å². The van der Waals surface area contributed by atoms with E-state index in [0.29, 0.717) is 18.1 Å². The topological polar surface area (TPSA) is 70.3 Å². The molecule has 2 heterocycles. The fourth-order valence-corrected chi connectivity index (χ4v) is 2.73. The standard InChI is InChI=1S/C16H17N3O3S/c1-3-16-17-11(10-23-16)8-15-18-14(19-22-15)9-21-13-6-4-12(20-2)5-7-13/h4-7,10H,3,8-9H2,1-2H3. The summed E-state index contributed by atoms with van der Waals surface area (Å²) in [5.41, 5.74) is 0.957. The van der Waals surface area contributed by atoms with Crippen molar-refractivity contribution in [2.45, 2.75) is 26.4 Å². The molecule has 1 aromatic carbocycles. The van der Waals surface area contributed by atoms with Crippen LogP contribution < -0.4 is 9.47 Å². The average Bonchev–Trinajstić information content (AvgIpc) is 3.23. The number of ether oxygens (including phenoxy) is 2. The molecule has 0 bridgehead atoms. The number of benzene rings is 1. The second-order valence-corrected chi connectivity index (χ2v) is 5.77. The highest BCUT2D eigenvalue weighted by Gasteiger charge is 2.10. The maximum absolute atomic E-state index is 5.62. The summed E-state index contributed by atoms with van der Waals surface area (Å²) < 4.78 is 16.0. The van der Waals surface area contributed by atoms with Crippen molar-refractivity contribution in [3.63, 3.8) is 0 Å². The normalized spacial score (nSPS) is 10.7. The molecule has 0 aliphatic carbocycles. The molecule has 0 spiro atoms. The predicted molar refractivity (Wildman–Crippen MR) is 85.9 cm³/mol. The molecule has 7 heteroatoms. The largest absolute Gasteiger partial charge is 0.497 e. The molecule has 0 radical (unpaired) electrons. The van der Waals surface area contributed by atoms with E-state index in [1.54, 1.807) is 18.4 Å². The fourth-order valence-electron chi connectivity index (χ4n) is 1.99. The number of hydrogen-bond acceptors (Lipinski definition) is 7. The van der Waals surface area contributed by atoms with E-state index in [1.165, 1.54) is 0 Å². The van der Waals surface area contributed by atoms with E-state index in [1.807, 2.05) is 29.6 Å². The van der Waals surface area contributed by atoms with Crippen LogP contribution in [0.1, 0.15) is 29.3 Å². The maximum Gasteiger partial charge on any atom is 0.232 e. The zero-order valence-electron chi connectivity index (χ0n) is 13.0. The summed E-state index contributed by atoms with van der Waals surface area (Å²) in [5, 5.41) is 7.07. The Morgan fingerprint density at radius 3 is 2.61 bits per heavy atom. The van der Waals surface area contributed by atoms with Crippen molar-refractivity contribution in [2.24, 2.45) is 0 Å². The van der Waals surface area contributed by atoms with E-state index in [4.69, 9.17) is 14.0 Å². The summed E-state index contributed by atoms with van der Waals surface area (Å²) >= 11 is 1.65. The van der Waals surface area contributed by atoms with Crippen molar-refractivity contribution < 1.29 is 14.0 Å². The van der Waals surface area contributed by atoms with Gasteiger partial charge in [0.05, 0.1) is 24.2 Å². The molecule has 6 nitrogen and oxygen atoms in total. The highest BCUT2D eigenvalue weighted by molar-refractivity contribution is 7.09. The Morgan fingerprint density at radius 1 is 1.13 bits per heavy atom. The lowest BCUT2D eigenvalue weighted by atomic mass is 10.3. The average molecular weight is 331 g/mol. The van der Waals surface area contributed by atoms with Gasteiger partial charge in [-0.1, -0.05) is 12.1 Å². The first-order valence-electron chi connectivity index (χ1n) is 7.28. The lowest BCUT2D eigenvalue weighted by molar-refractivity contribution is 0.285. The Morgan fingerprint density at radius 2 is 1.91 bits per heavy atom. The maximum atomic E-state index is 5.62. The molecule has 0 saturated heterocycles. The van der Waals surface area contributed by atoms with Gasteiger partial charge in [0.1, 0.15) is 11.5 Å². The van der Waals surface area contributed by atoms with Crippen molar-refractivity contribution in [1.82, 2.24) is 15.1 Å². The van der Waals surface area contributed by atoms with Crippen LogP contribution >= 0.6 is 11.3 Å². The molecule has 0 N–H and O–H groups in total. The molecule has 0 unspecified atom stereocenters. The van der Waals surface area contributed by atoms with Crippen LogP contribution in [0.5, 0.6) is 11.5 Å². The van der Waals surface area contributed by atoms with Gasteiger partial charge >= 0.3 is 0 Å². The summed E-state index contributed by atoms with van der Waals surface area (Å²) in [6, 6.07) is 7.35. The van der Waals surface area contributed by atoms with Crippen LogP contribution in [0.15, 0.2) is 34.2 Å². The summed E-state index contributed by atoms with van der Waals surface area (Å²) in [4.78, 5) is 8.82. The van der Waals surface area contributed by atoms with Crippen LogP contribution in [0.3, 0.4) is 0 Å². The fraction of sp³-hybridized carbons (Fsp3) is 0.312. The van der Waals surface area contributed by atoms with Crippen molar-refractivity contribution in [2.75, 3.05) is 7.11 Å². The van der Waals surface area contributed by atoms with Crippen LogP contribution in [0.25, 0.3) is 0 Å². The molecule has 0 fully saturated rings. The number of methoxy groups -OCH3 is 1. The zero-order valence-corrected chi connectivity index (χ0v) is 13.8. The van der Waals surface area contributed by atoms with Crippen molar-refractivity contribution >= 4 is 11.3 Å². The minimum atomic E-state index is 0.257. The Labute approximate surface area is 138 Å². The summed E-state index contributed by atoms with van der Waals surface area (Å²) in [6.45, 7) is 2.34. The molecule has 0 saturated carbocycles. The predicted octanol–water partition coefficient (Wildman–Crippen LogP) is 3.27. The number of aromatic nitrogens is 3. The Kier molecular flexibility index (Phi) is 4.87. The van der Waals surface area contributed by atoms with Crippen LogP contribution in [-0.2, 0) is 19.4 Å². The van der Waals surface area contributed by atoms with Gasteiger partial charge in [-0.25, -0.2) is 4.98 Å². The van der Waals surface area contributed by atoms with E-state index in [9.17, 15) is 0 Å². The van der Waals surface area contributed by atoms with Gasteiger partial charge in [0.2, 0.25) is 11.7 Å². The van der Waals surface area contributed by atoms with Crippen molar-refractivity contribution in [1.29, 1.82) is 0 Å². The first kappa shape index (κ1) is 15.5. The smallest absolute Gasteiger partial charge is 0.232 e. The van der Waals surface area contributed by atoms with Gasteiger partial charge in [-0.05, 0) is 30.7 Å². The van der Waals surface area contributed by atoms with E-state index in [2.05, 4.69) is 22.0 Å². The SMILES string of the molecule is CCc1nc(Cc2nc(COc3ccc(OC)cc3)no2)cs1. The van der Waals surface area contributed by atoms with Crippen LogP contribution in [-0.4, -0.2) is 22.2 Å². The third-order valence-electron chi connectivity index (χ3n) is 3.17. The third-order valence-corrected chi connectivity index (χ3v) is 4.21. The lowest BCUT2D eigenvalue weighted by Crippen LogP contribution is -1.98. The molecule has 23 heavy (non-hydrogen) atoms. The van der Waals surface area contributed by atoms with Crippen LogP contribution in [0.2, 0.25) is 0 Å². The van der Waals surface area contributed by atoms with E-state index in [-0.39, 0.29) is 6.61 Å². The lowest BCUT2D eigenvalue weighted by Gasteiger charge is -2.04. The summed E-state index contributed by atoms with van der Waals surface area (Å²) in [7, 11) is 1.63. The third kappa shape index (κ3) is 4.07. The van der Waals surface area contributed by atoms with Gasteiger partial charge in [-0.2, -0.15) is 4.98 Å². The van der Waals surface area contributed by atoms with Gasteiger partial charge in [0.15, 0.2) is 6.61 Å². The number of aryl methyl sites for hydroxylation is 1. The molecule has 0 aliphatic rings. The van der Waals surface area contributed by atoms with E-state index >= 15 is 0 Å². The number of thiazole rings is 1. The first-order chi connectivity index (χ1) is 11.3. The van der Waals surface area contributed by atoms with Gasteiger partial charge in [0, 0.05) is 5.38 Å². The Bertz CT molecular complexity index is 752. The minimum Gasteiger partial charge on any atom is -0.497 e. The highest BCUT2D eigenvalue weighted by Crippen LogP contribution is 2.18. The number of rotatable bonds is 7. The van der Waals surface area contributed by atoms with Crippen LogP contribution in [0.4, 0.5) is 0 Å². The first-order valence-corrected chi connectivity index (χ1v) is 8.16. The molecule has 2 aromatic heterocycles. The molecule has 0 amide bonds. The van der Waals surface area contributed by atoms with E-state index in [0.717, 1.165) is 28.6 Å².